The molecule has 1 aromatic carbocycles. The molecule has 1 atom stereocenters. The van der Waals surface area contributed by atoms with Gasteiger partial charge in [0.15, 0.2) is 0 Å². The van der Waals surface area contributed by atoms with E-state index >= 15 is 0 Å². The summed E-state index contributed by atoms with van der Waals surface area (Å²) in [4.78, 5) is 0. The van der Waals surface area contributed by atoms with Gasteiger partial charge in [0.05, 0.1) is 6.10 Å². The summed E-state index contributed by atoms with van der Waals surface area (Å²) in [6, 6.07) is 5.02. The van der Waals surface area contributed by atoms with E-state index in [4.69, 9.17) is 23.2 Å². The van der Waals surface area contributed by atoms with Crippen molar-refractivity contribution in [3.05, 3.63) is 46.5 Å². The highest BCUT2D eigenvalue weighted by Gasteiger charge is 2.06. The lowest BCUT2D eigenvalue weighted by Gasteiger charge is -2.08. The lowest BCUT2D eigenvalue weighted by molar-refractivity contribution is 0.181. The highest BCUT2D eigenvalue weighted by Crippen LogP contribution is 2.25. The fourth-order valence-electron chi connectivity index (χ4n) is 1.06. The molecule has 0 aliphatic carbocycles. The maximum absolute atomic E-state index is 9.58. The molecule has 70 valence electrons. The summed E-state index contributed by atoms with van der Waals surface area (Å²) in [6.07, 6.45) is 1.57. The Kier molecular flexibility index (Phi) is 3.79. The van der Waals surface area contributed by atoms with Gasteiger partial charge in [-0.1, -0.05) is 29.3 Å². The molecule has 1 nitrogen and oxygen atoms in total. The molecule has 0 aliphatic rings. The minimum atomic E-state index is -0.575. The van der Waals surface area contributed by atoms with Crippen molar-refractivity contribution < 1.29 is 5.11 Å². The molecule has 0 radical (unpaired) electrons. The van der Waals surface area contributed by atoms with Crippen molar-refractivity contribution in [1.82, 2.24) is 0 Å². The topological polar surface area (TPSA) is 20.2 Å². The number of rotatable bonds is 3. The first kappa shape index (κ1) is 10.6. The molecule has 0 bridgehead atoms. The van der Waals surface area contributed by atoms with Gasteiger partial charge in [0.1, 0.15) is 0 Å². The van der Waals surface area contributed by atoms with Crippen molar-refractivity contribution in [1.29, 1.82) is 0 Å². The smallest absolute Gasteiger partial charge is 0.0825 e. The summed E-state index contributed by atoms with van der Waals surface area (Å²) in [5.41, 5.74) is 0.720. The molecule has 0 aliphatic heterocycles. The van der Waals surface area contributed by atoms with Crippen LogP contribution in [0.25, 0.3) is 0 Å². The van der Waals surface area contributed by atoms with Gasteiger partial charge in [-0.25, -0.2) is 0 Å². The van der Waals surface area contributed by atoms with Crippen LogP contribution in [0.4, 0.5) is 0 Å². The average Bonchev–Trinajstić information content (AvgIpc) is 2.03. The van der Waals surface area contributed by atoms with Crippen LogP contribution in [0, 0.1) is 0 Å². The van der Waals surface area contributed by atoms with Crippen LogP contribution in [0.3, 0.4) is 0 Å². The number of hydrogen-bond acceptors (Lipinski definition) is 1. The first-order valence-electron chi connectivity index (χ1n) is 3.88. The Morgan fingerprint density at radius 1 is 1.31 bits per heavy atom. The van der Waals surface area contributed by atoms with Crippen molar-refractivity contribution in [3.8, 4) is 0 Å². The Balaban J connectivity index is 2.93. The quantitative estimate of drug-likeness (QED) is 0.767. The van der Waals surface area contributed by atoms with Gasteiger partial charge in [-0.3, -0.25) is 0 Å². The second-order valence-electron chi connectivity index (χ2n) is 2.74. The molecule has 0 spiro atoms. The van der Waals surface area contributed by atoms with Crippen LogP contribution >= 0.6 is 23.2 Å². The molecule has 3 heteroatoms. The minimum absolute atomic E-state index is 0.497. The molecule has 0 heterocycles. The van der Waals surface area contributed by atoms with Crippen molar-refractivity contribution in [2.75, 3.05) is 0 Å². The molecule has 0 saturated carbocycles. The highest BCUT2D eigenvalue weighted by molar-refractivity contribution is 6.34. The zero-order chi connectivity index (χ0) is 9.84. The third kappa shape index (κ3) is 3.03. The molecule has 1 unspecified atom stereocenters. The standard InChI is InChI=1S/C10H10Cl2O/c1-2-3-10(13)7-4-8(11)6-9(12)5-7/h2,4-6,10,13H,1,3H2. The summed E-state index contributed by atoms with van der Waals surface area (Å²) in [5, 5.41) is 10.6. The van der Waals surface area contributed by atoms with Crippen molar-refractivity contribution in [2.45, 2.75) is 12.5 Å². The number of hydrogen-bond donors (Lipinski definition) is 1. The second kappa shape index (κ2) is 4.66. The fraction of sp³-hybridized carbons (Fsp3) is 0.200. The van der Waals surface area contributed by atoms with Gasteiger partial charge < -0.3 is 5.11 Å². The molecular formula is C10H10Cl2O. The Hall–Kier alpha value is -0.500. The average molecular weight is 217 g/mol. The van der Waals surface area contributed by atoms with E-state index in [-0.39, 0.29) is 0 Å². The van der Waals surface area contributed by atoms with Crippen LogP contribution in [-0.2, 0) is 0 Å². The third-order valence-corrected chi connectivity index (χ3v) is 2.10. The largest absolute Gasteiger partial charge is 0.388 e. The van der Waals surface area contributed by atoms with E-state index in [2.05, 4.69) is 6.58 Å². The number of halogens is 2. The molecule has 1 N–H and O–H groups in total. The van der Waals surface area contributed by atoms with Crippen molar-refractivity contribution in [2.24, 2.45) is 0 Å². The Labute approximate surface area is 87.6 Å². The maximum atomic E-state index is 9.58. The van der Waals surface area contributed by atoms with Gasteiger partial charge in [0, 0.05) is 10.0 Å². The summed E-state index contributed by atoms with van der Waals surface area (Å²) in [5.74, 6) is 0. The van der Waals surface area contributed by atoms with Crippen molar-refractivity contribution in [3.63, 3.8) is 0 Å². The monoisotopic (exact) mass is 216 g/mol. The van der Waals surface area contributed by atoms with Crippen LogP contribution in [0.5, 0.6) is 0 Å². The van der Waals surface area contributed by atoms with E-state index in [1.807, 2.05) is 0 Å². The van der Waals surface area contributed by atoms with E-state index in [9.17, 15) is 5.11 Å². The van der Waals surface area contributed by atoms with Crippen LogP contribution in [0.2, 0.25) is 10.0 Å². The second-order valence-corrected chi connectivity index (χ2v) is 3.62. The molecule has 1 aromatic rings. The molecule has 0 aromatic heterocycles. The molecule has 1 rings (SSSR count). The first-order valence-corrected chi connectivity index (χ1v) is 4.64. The van der Waals surface area contributed by atoms with Crippen LogP contribution < -0.4 is 0 Å². The van der Waals surface area contributed by atoms with Gasteiger partial charge in [-0.2, -0.15) is 0 Å². The van der Waals surface area contributed by atoms with Crippen LogP contribution in [-0.4, -0.2) is 5.11 Å². The highest BCUT2D eigenvalue weighted by atomic mass is 35.5. The molecular weight excluding hydrogens is 207 g/mol. The normalized spacial score (nSPS) is 12.5. The fourth-order valence-corrected chi connectivity index (χ4v) is 1.60. The van der Waals surface area contributed by atoms with Gasteiger partial charge in [0.25, 0.3) is 0 Å². The third-order valence-electron chi connectivity index (χ3n) is 1.66. The Bertz CT molecular complexity index is 290. The van der Waals surface area contributed by atoms with Crippen LogP contribution in [0.15, 0.2) is 30.9 Å². The molecule has 0 amide bonds. The first-order chi connectivity index (χ1) is 6.13. The van der Waals surface area contributed by atoms with E-state index in [1.165, 1.54) is 0 Å². The Morgan fingerprint density at radius 2 is 1.85 bits per heavy atom. The van der Waals surface area contributed by atoms with Crippen molar-refractivity contribution >= 4 is 23.2 Å². The molecule has 0 fully saturated rings. The minimum Gasteiger partial charge on any atom is -0.388 e. The predicted octanol–water partition coefficient (Wildman–Crippen LogP) is 3.60. The van der Waals surface area contributed by atoms with Gasteiger partial charge in [-0.15, -0.1) is 6.58 Å². The summed E-state index contributed by atoms with van der Waals surface area (Å²) in [6.45, 7) is 3.55. The SMILES string of the molecule is C=CCC(O)c1cc(Cl)cc(Cl)c1. The number of aliphatic hydroxyl groups excluding tert-OH is 1. The maximum Gasteiger partial charge on any atom is 0.0825 e. The lowest BCUT2D eigenvalue weighted by Crippen LogP contribution is -1.95. The summed E-state index contributed by atoms with van der Waals surface area (Å²) < 4.78 is 0. The van der Waals surface area contributed by atoms with Gasteiger partial charge in [0.2, 0.25) is 0 Å². The molecule has 0 saturated heterocycles. The zero-order valence-corrected chi connectivity index (χ0v) is 8.52. The summed E-state index contributed by atoms with van der Waals surface area (Å²) >= 11 is 11.5. The zero-order valence-electron chi connectivity index (χ0n) is 7.00. The van der Waals surface area contributed by atoms with Gasteiger partial charge in [-0.05, 0) is 30.2 Å². The summed E-state index contributed by atoms with van der Waals surface area (Å²) in [7, 11) is 0. The van der Waals surface area contributed by atoms with Crippen LogP contribution in [0.1, 0.15) is 18.1 Å². The Morgan fingerprint density at radius 3 is 2.31 bits per heavy atom. The van der Waals surface area contributed by atoms with E-state index in [0.717, 1.165) is 5.56 Å². The molecule has 13 heavy (non-hydrogen) atoms. The lowest BCUT2D eigenvalue weighted by atomic mass is 10.1. The number of benzene rings is 1. The van der Waals surface area contributed by atoms with Gasteiger partial charge >= 0.3 is 0 Å². The van der Waals surface area contributed by atoms with E-state index in [1.54, 1.807) is 24.3 Å². The van der Waals surface area contributed by atoms with E-state index in [0.29, 0.717) is 16.5 Å². The predicted molar refractivity (Wildman–Crippen MR) is 56.2 cm³/mol. The number of aliphatic hydroxyl groups is 1. The van der Waals surface area contributed by atoms with E-state index < -0.39 is 6.10 Å².